The van der Waals surface area contributed by atoms with Crippen LogP contribution in [0.2, 0.25) is 0 Å². The molecule has 0 spiro atoms. The van der Waals surface area contributed by atoms with Crippen molar-refractivity contribution in [1.29, 1.82) is 0 Å². The van der Waals surface area contributed by atoms with E-state index in [1.165, 1.54) is 12.1 Å². The van der Waals surface area contributed by atoms with Gasteiger partial charge in [0.25, 0.3) is 0 Å². The molecule has 0 unspecified atom stereocenters. The van der Waals surface area contributed by atoms with Gasteiger partial charge in [-0.25, -0.2) is 4.39 Å². The Morgan fingerprint density at radius 2 is 1.74 bits per heavy atom. The second-order valence-corrected chi connectivity index (χ2v) is 7.78. The molecule has 0 aliphatic heterocycles. The van der Waals surface area contributed by atoms with E-state index >= 15 is 0 Å². The average Bonchev–Trinajstić information content (AvgIpc) is 2.75. The summed E-state index contributed by atoms with van der Waals surface area (Å²) in [5.41, 5.74) is 1.51. The lowest BCUT2D eigenvalue weighted by Gasteiger charge is -2.31. The van der Waals surface area contributed by atoms with Gasteiger partial charge in [0.2, 0.25) is 11.8 Å². The van der Waals surface area contributed by atoms with E-state index in [0.29, 0.717) is 32.4 Å². The molecule has 2 aromatic rings. The standard InChI is InChI=1S/C25H33FN2O3/c1-4-9-23(29)28(18-20-12-14-22(26)15-13-20)24(21-10-6-5-7-11-21)25(30)27-16-8-17-31-19(2)3/h5-7,10-15,19,24H,4,8-9,16-18H2,1-3H3,(H,27,30)/t24-/m1/s1. The number of nitrogens with one attached hydrogen (secondary N) is 1. The molecule has 5 nitrogen and oxygen atoms in total. The molecule has 31 heavy (non-hydrogen) atoms. The van der Waals surface area contributed by atoms with E-state index < -0.39 is 6.04 Å². The van der Waals surface area contributed by atoms with Crippen LogP contribution in [0.1, 0.15) is 57.2 Å². The van der Waals surface area contributed by atoms with Crippen LogP contribution in [0.3, 0.4) is 0 Å². The molecule has 2 aromatic carbocycles. The Balaban J connectivity index is 2.24. The van der Waals surface area contributed by atoms with E-state index in [1.54, 1.807) is 17.0 Å². The SMILES string of the molecule is CCCC(=O)N(Cc1ccc(F)cc1)[C@@H](C(=O)NCCCOC(C)C)c1ccccc1. The molecule has 0 aliphatic carbocycles. The van der Waals surface area contributed by atoms with Crippen LogP contribution in [-0.4, -0.2) is 36.0 Å². The van der Waals surface area contributed by atoms with Crippen LogP contribution in [-0.2, 0) is 20.9 Å². The molecule has 6 heteroatoms. The minimum atomic E-state index is -0.767. The molecule has 0 aliphatic rings. The quantitative estimate of drug-likeness (QED) is 0.502. The third-order valence-corrected chi connectivity index (χ3v) is 4.80. The molecule has 0 aromatic heterocycles. The molecule has 1 atom stereocenters. The molecule has 0 radical (unpaired) electrons. The lowest BCUT2D eigenvalue weighted by molar-refractivity contribution is -0.141. The summed E-state index contributed by atoms with van der Waals surface area (Å²) in [6, 6.07) is 14.5. The van der Waals surface area contributed by atoms with Crippen molar-refractivity contribution in [3.8, 4) is 0 Å². The summed E-state index contributed by atoms with van der Waals surface area (Å²) < 4.78 is 18.9. The van der Waals surface area contributed by atoms with Gasteiger partial charge in [0, 0.05) is 26.1 Å². The summed E-state index contributed by atoms with van der Waals surface area (Å²) in [7, 11) is 0. The van der Waals surface area contributed by atoms with E-state index in [4.69, 9.17) is 4.74 Å². The molecule has 0 saturated heterocycles. The molecule has 0 saturated carbocycles. The lowest BCUT2D eigenvalue weighted by Crippen LogP contribution is -2.43. The first-order valence-electron chi connectivity index (χ1n) is 10.9. The second kappa shape index (κ2) is 12.8. The van der Waals surface area contributed by atoms with Crippen LogP contribution in [0.5, 0.6) is 0 Å². The Kier molecular flexibility index (Phi) is 10.2. The van der Waals surface area contributed by atoms with Gasteiger partial charge in [-0.1, -0.05) is 49.4 Å². The van der Waals surface area contributed by atoms with Gasteiger partial charge in [-0.2, -0.15) is 0 Å². The van der Waals surface area contributed by atoms with Gasteiger partial charge in [-0.05, 0) is 49.9 Å². The second-order valence-electron chi connectivity index (χ2n) is 7.78. The zero-order valence-corrected chi connectivity index (χ0v) is 18.6. The zero-order chi connectivity index (χ0) is 22.6. The smallest absolute Gasteiger partial charge is 0.247 e. The predicted molar refractivity (Wildman–Crippen MR) is 120 cm³/mol. The highest BCUT2D eigenvalue weighted by Crippen LogP contribution is 2.25. The molecule has 0 bridgehead atoms. The Hall–Kier alpha value is -2.73. The summed E-state index contributed by atoms with van der Waals surface area (Å²) in [5, 5.41) is 2.95. The molecule has 0 heterocycles. The lowest BCUT2D eigenvalue weighted by atomic mass is 10.0. The normalized spacial score (nSPS) is 11.9. The molecule has 168 valence electrons. The van der Waals surface area contributed by atoms with E-state index in [2.05, 4.69) is 5.32 Å². The average molecular weight is 429 g/mol. The van der Waals surface area contributed by atoms with Crippen LogP contribution in [0.15, 0.2) is 54.6 Å². The predicted octanol–water partition coefficient (Wildman–Crippen LogP) is 4.63. The summed E-state index contributed by atoms with van der Waals surface area (Å²) in [6.45, 7) is 7.11. The number of rotatable bonds is 12. The Morgan fingerprint density at radius 3 is 2.35 bits per heavy atom. The van der Waals surface area contributed by atoms with Gasteiger partial charge in [-0.15, -0.1) is 0 Å². The summed E-state index contributed by atoms with van der Waals surface area (Å²) in [6.07, 6.45) is 1.84. The highest BCUT2D eigenvalue weighted by atomic mass is 19.1. The van der Waals surface area contributed by atoms with Gasteiger partial charge in [0.15, 0.2) is 0 Å². The number of nitrogens with zero attached hydrogens (tertiary/aromatic N) is 1. The van der Waals surface area contributed by atoms with E-state index in [9.17, 15) is 14.0 Å². The number of benzene rings is 2. The number of halogens is 1. The molecule has 0 fully saturated rings. The third kappa shape index (κ3) is 8.13. The first-order chi connectivity index (χ1) is 14.9. The van der Waals surface area contributed by atoms with Crippen molar-refractivity contribution in [3.63, 3.8) is 0 Å². The fourth-order valence-electron chi connectivity index (χ4n) is 3.28. The van der Waals surface area contributed by atoms with Gasteiger partial charge in [0.05, 0.1) is 6.10 Å². The van der Waals surface area contributed by atoms with E-state index in [0.717, 1.165) is 11.1 Å². The Labute approximate surface area is 184 Å². The number of hydrogen-bond donors (Lipinski definition) is 1. The maximum Gasteiger partial charge on any atom is 0.247 e. The third-order valence-electron chi connectivity index (χ3n) is 4.80. The van der Waals surface area contributed by atoms with E-state index in [-0.39, 0.29) is 30.3 Å². The Morgan fingerprint density at radius 1 is 1.06 bits per heavy atom. The van der Waals surface area contributed by atoms with Crippen molar-refractivity contribution in [1.82, 2.24) is 10.2 Å². The molecular formula is C25H33FN2O3. The summed E-state index contributed by atoms with van der Waals surface area (Å²) in [5.74, 6) is -0.683. The van der Waals surface area contributed by atoms with Crippen molar-refractivity contribution in [3.05, 3.63) is 71.5 Å². The first kappa shape index (κ1) is 24.5. The van der Waals surface area contributed by atoms with Crippen molar-refractivity contribution >= 4 is 11.8 Å². The molecular weight excluding hydrogens is 395 g/mol. The fourth-order valence-corrected chi connectivity index (χ4v) is 3.28. The molecule has 2 rings (SSSR count). The van der Waals surface area contributed by atoms with Crippen molar-refractivity contribution in [2.75, 3.05) is 13.2 Å². The van der Waals surface area contributed by atoms with Gasteiger partial charge in [-0.3, -0.25) is 9.59 Å². The largest absolute Gasteiger partial charge is 0.379 e. The number of carbonyl (C=O) groups excluding carboxylic acids is 2. The van der Waals surface area contributed by atoms with Gasteiger partial charge in [0.1, 0.15) is 11.9 Å². The van der Waals surface area contributed by atoms with Crippen LogP contribution in [0, 0.1) is 5.82 Å². The van der Waals surface area contributed by atoms with Crippen LogP contribution in [0.4, 0.5) is 4.39 Å². The minimum Gasteiger partial charge on any atom is -0.379 e. The number of ether oxygens (including phenoxy) is 1. The monoisotopic (exact) mass is 428 g/mol. The minimum absolute atomic E-state index is 0.112. The number of hydrogen-bond acceptors (Lipinski definition) is 3. The van der Waals surface area contributed by atoms with E-state index in [1.807, 2.05) is 51.1 Å². The number of amides is 2. The van der Waals surface area contributed by atoms with Gasteiger partial charge >= 0.3 is 0 Å². The topological polar surface area (TPSA) is 58.6 Å². The van der Waals surface area contributed by atoms with Crippen LogP contribution < -0.4 is 5.32 Å². The van der Waals surface area contributed by atoms with Crippen LogP contribution >= 0.6 is 0 Å². The van der Waals surface area contributed by atoms with Crippen molar-refractivity contribution < 1.29 is 18.7 Å². The highest BCUT2D eigenvalue weighted by molar-refractivity contribution is 5.88. The maximum atomic E-state index is 13.4. The van der Waals surface area contributed by atoms with Gasteiger partial charge < -0.3 is 15.0 Å². The molecule has 2 amide bonds. The Bertz CT molecular complexity index is 809. The fraction of sp³-hybridized carbons (Fsp3) is 0.440. The maximum absolute atomic E-state index is 13.4. The number of carbonyl (C=O) groups is 2. The molecule has 1 N–H and O–H groups in total. The van der Waals surface area contributed by atoms with Crippen LogP contribution in [0.25, 0.3) is 0 Å². The van der Waals surface area contributed by atoms with Crippen molar-refractivity contribution in [2.24, 2.45) is 0 Å². The summed E-state index contributed by atoms with van der Waals surface area (Å²) in [4.78, 5) is 27.9. The highest BCUT2D eigenvalue weighted by Gasteiger charge is 2.30. The first-order valence-corrected chi connectivity index (χ1v) is 10.9. The zero-order valence-electron chi connectivity index (χ0n) is 18.6. The summed E-state index contributed by atoms with van der Waals surface area (Å²) >= 11 is 0. The van der Waals surface area contributed by atoms with Crippen molar-refractivity contribution in [2.45, 2.75) is 58.7 Å².